The van der Waals surface area contributed by atoms with Gasteiger partial charge in [0.25, 0.3) is 0 Å². The van der Waals surface area contributed by atoms with Crippen molar-refractivity contribution in [3.8, 4) is 6.07 Å². The van der Waals surface area contributed by atoms with E-state index in [0.29, 0.717) is 11.1 Å². The van der Waals surface area contributed by atoms with Crippen molar-refractivity contribution in [2.45, 2.75) is 12.2 Å². The van der Waals surface area contributed by atoms with Gasteiger partial charge in [-0.05, 0) is 6.07 Å². The van der Waals surface area contributed by atoms with Crippen LogP contribution in [0.5, 0.6) is 0 Å². The van der Waals surface area contributed by atoms with Gasteiger partial charge < -0.3 is 15.9 Å². The molecule has 2 atom stereocenters. The third-order valence-corrected chi connectivity index (χ3v) is 2.01. The SMILES string of the molecule is N#Cc1ccccc1C(O)C(O)CN. The molecule has 74 valence electrons. The van der Waals surface area contributed by atoms with Crippen molar-refractivity contribution in [2.24, 2.45) is 5.73 Å². The minimum atomic E-state index is -1.10. The van der Waals surface area contributed by atoms with Gasteiger partial charge >= 0.3 is 0 Å². The lowest BCUT2D eigenvalue weighted by Crippen LogP contribution is -2.27. The summed E-state index contributed by atoms with van der Waals surface area (Å²) in [6.07, 6.45) is -2.14. The summed E-state index contributed by atoms with van der Waals surface area (Å²) >= 11 is 0. The van der Waals surface area contributed by atoms with Gasteiger partial charge in [0.2, 0.25) is 0 Å². The van der Waals surface area contributed by atoms with Gasteiger partial charge in [0.1, 0.15) is 6.10 Å². The van der Waals surface area contributed by atoms with Crippen LogP contribution in [0.2, 0.25) is 0 Å². The van der Waals surface area contributed by atoms with E-state index in [1.807, 2.05) is 6.07 Å². The number of hydrogen-bond acceptors (Lipinski definition) is 4. The Morgan fingerprint density at radius 3 is 2.57 bits per heavy atom. The summed E-state index contributed by atoms with van der Waals surface area (Å²) in [6.45, 7) is -0.0407. The molecular weight excluding hydrogens is 180 g/mol. The maximum atomic E-state index is 9.62. The zero-order chi connectivity index (χ0) is 10.6. The number of nitriles is 1. The average Bonchev–Trinajstić information content (AvgIpc) is 2.26. The van der Waals surface area contributed by atoms with Crippen molar-refractivity contribution >= 4 is 0 Å². The van der Waals surface area contributed by atoms with Crippen molar-refractivity contribution < 1.29 is 10.2 Å². The molecule has 0 saturated heterocycles. The van der Waals surface area contributed by atoms with E-state index in [0.717, 1.165) is 0 Å². The molecule has 4 nitrogen and oxygen atoms in total. The van der Waals surface area contributed by atoms with Crippen LogP contribution >= 0.6 is 0 Å². The van der Waals surface area contributed by atoms with E-state index < -0.39 is 12.2 Å². The fourth-order valence-corrected chi connectivity index (χ4v) is 1.19. The number of nitrogens with two attached hydrogens (primary N) is 1. The monoisotopic (exact) mass is 192 g/mol. The maximum absolute atomic E-state index is 9.62. The van der Waals surface area contributed by atoms with Crippen LogP contribution in [0.25, 0.3) is 0 Å². The van der Waals surface area contributed by atoms with Crippen LogP contribution in [-0.4, -0.2) is 22.9 Å². The smallest absolute Gasteiger partial charge is 0.107 e. The molecule has 0 radical (unpaired) electrons. The second kappa shape index (κ2) is 4.72. The molecule has 1 aromatic rings. The van der Waals surface area contributed by atoms with E-state index in [1.165, 1.54) is 0 Å². The first-order valence-electron chi connectivity index (χ1n) is 4.26. The van der Waals surface area contributed by atoms with E-state index in [9.17, 15) is 10.2 Å². The summed E-state index contributed by atoms with van der Waals surface area (Å²) in [7, 11) is 0. The summed E-state index contributed by atoms with van der Waals surface area (Å²) in [5, 5.41) is 27.7. The molecule has 0 aliphatic carbocycles. The highest BCUT2D eigenvalue weighted by atomic mass is 16.3. The molecule has 0 bridgehead atoms. The van der Waals surface area contributed by atoms with Crippen molar-refractivity contribution in [1.29, 1.82) is 5.26 Å². The molecule has 0 fully saturated rings. The predicted molar refractivity (Wildman–Crippen MR) is 51.2 cm³/mol. The molecule has 4 heteroatoms. The molecule has 1 aromatic carbocycles. The van der Waals surface area contributed by atoms with Crippen LogP contribution < -0.4 is 5.73 Å². The lowest BCUT2D eigenvalue weighted by atomic mass is 9.99. The lowest BCUT2D eigenvalue weighted by Gasteiger charge is -2.17. The fourth-order valence-electron chi connectivity index (χ4n) is 1.19. The van der Waals surface area contributed by atoms with Crippen molar-refractivity contribution in [1.82, 2.24) is 0 Å². The molecule has 0 spiro atoms. The van der Waals surface area contributed by atoms with Crippen LogP contribution in [0, 0.1) is 11.3 Å². The summed E-state index contributed by atoms with van der Waals surface area (Å²) < 4.78 is 0. The van der Waals surface area contributed by atoms with Gasteiger partial charge in [-0.25, -0.2) is 0 Å². The Kier molecular flexibility index (Phi) is 3.60. The average molecular weight is 192 g/mol. The van der Waals surface area contributed by atoms with Crippen LogP contribution in [0.4, 0.5) is 0 Å². The number of hydrogen-bond donors (Lipinski definition) is 3. The first-order valence-corrected chi connectivity index (χ1v) is 4.26. The van der Waals surface area contributed by atoms with Crippen LogP contribution in [0.3, 0.4) is 0 Å². The number of aliphatic hydroxyl groups is 2. The lowest BCUT2D eigenvalue weighted by molar-refractivity contribution is 0.0242. The second-order valence-electron chi connectivity index (χ2n) is 2.95. The predicted octanol–water partition coefficient (Wildman–Crippen LogP) is -0.0887. The Bertz CT molecular complexity index is 346. The van der Waals surface area contributed by atoms with E-state index >= 15 is 0 Å². The van der Waals surface area contributed by atoms with Gasteiger partial charge in [0, 0.05) is 12.1 Å². The number of aliphatic hydroxyl groups excluding tert-OH is 2. The number of rotatable bonds is 3. The van der Waals surface area contributed by atoms with Crippen LogP contribution in [0.1, 0.15) is 17.2 Å². The molecule has 4 N–H and O–H groups in total. The molecule has 2 unspecified atom stereocenters. The zero-order valence-electron chi connectivity index (χ0n) is 7.59. The number of benzene rings is 1. The summed E-state index contributed by atoms with van der Waals surface area (Å²) in [5.74, 6) is 0. The fraction of sp³-hybridized carbons (Fsp3) is 0.300. The topological polar surface area (TPSA) is 90.3 Å². The van der Waals surface area contributed by atoms with Gasteiger partial charge in [-0.15, -0.1) is 0 Å². The molecular formula is C10H12N2O2. The zero-order valence-corrected chi connectivity index (χ0v) is 7.59. The van der Waals surface area contributed by atoms with Crippen molar-refractivity contribution in [3.05, 3.63) is 35.4 Å². The maximum Gasteiger partial charge on any atom is 0.107 e. The highest BCUT2D eigenvalue weighted by molar-refractivity contribution is 5.39. The standard InChI is InChI=1S/C10H12N2O2/c11-5-7-3-1-2-4-8(7)10(14)9(13)6-12/h1-4,9-10,13-14H,6,12H2. The van der Waals surface area contributed by atoms with Crippen molar-refractivity contribution in [3.63, 3.8) is 0 Å². The van der Waals surface area contributed by atoms with Crippen LogP contribution in [-0.2, 0) is 0 Å². The van der Waals surface area contributed by atoms with Crippen molar-refractivity contribution in [2.75, 3.05) is 6.54 Å². The normalized spacial score (nSPS) is 14.4. The summed E-state index contributed by atoms with van der Waals surface area (Å²) in [4.78, 5) is 0. The molecule has 0 aliphatic rings. The van der Waals surface area contributed by atoms with E-state index in [4.69, 9.17) is 11.0 Å². The third-order valence-electron chi connectivity index (χ3n) is 2.01. The Morgan fingerprint density at radius 2 is 2.00 bits per heavy atom. The van der Waals surface area contributed by atoms with Gasteiger partial charge in [-0.1, -0.05) is 18.2 Å². The highest BCUT2D eigenvalue weighted by Crippen LogP contribution is 2.19. The largest absolute Gasteiger partial charge is 0.389 e. The molecule has 0 amide bonds. The minimum Gasteiger partial charge on any atom is -0.389 e. The van der Waals surface area contributed by atoms with Crippen LogP contribution in [0.15, 0.2) is 24.3 Å². The van der Waals surface area contributed by atoms with Gasteiger partial charge in [0.05, 0.1) is 17.7 Å². The first kappa shape index (κ1) is 10.7. The molecule has 0 aromatic heterocycles. The Hall–Kier alpha value is -1.41. The van der Waals surface area contributed by atoms with Gasteiger partial charge in [-0.2, -0.15) is 5.26 Å². The highest BCUT2D eigenvalue weighted by Gasteiger charge is 2.19. The molecule has 0 aliphatic heterocycles. The molecule has 1 rings (SSSR count). The summed E-state index contributed by atoms with van der Waals surface area (Å²) in [5.41, 5.74) is 5.97. The minimum absolute atomic E-state index is 0.0407. The molecule has 0 saturated carbocycles. The Morgan fingerprint density at radius 1 is 1.36 bits per heavy atom. The summed E-state index contributed by atoms with van der Waals surface area (Å²) in [6, 6.07) is 8.52. The van der Waals surface area contributed by atoms with Gasteiger partial charge in [0.15, 0.2) is 0 Å². The van der Waals surface area contributed by atoms with E-state index in [-0.39, 0.29) is 6.54 Å². The third kappa shape index (κ3) is 2.09. The quantitative estimate of drug-likeness (QED) is 0.624. The molecule has 14 heavy (non-hydrogen) atoms. The van der Waals surface area contributed by atoms with Gasteiger partial charge in [-0.3, -0.25) is 0 Å². The number of nitrogens with zero attached hydrogens (tertiary/aromatic N) is 1. The second-order valence-corrected chi connectivity index (χ2v) is 2.95. The molecule has 0 heterocycles. The Labute approximate surface area is 82.2 Å². The van der Waals surface area contributed by atoms with E-state index in [2.05, 4.69) is 0 Å². The first-order chi connectivity index (χ1) is 6.70. The van der Waals surface area contributed by atoms with E-state index in [1.54, 1.807) is 24.3 Å². The Balaban J connectivity index is 3.01.